The molecule has 1 heteroatoms. The van der Waals surface area contributed by atoms with Crippen LogP contribution in [0.4, 0.5) is 0 Å². The molecular formula is C27H41P. The highest BCUT2D eigenvalue weighted by Gasteiger charge is 2.20. The van der Waals surface area contributed by atoms with Crippen LogP contribution in [0.2, 0.25) is 0 Å². The predicted molar refractivity (Wildman–Crippen MR) is 131 cm³/mol. The fourth-order valence-corrected chi connectivity index (χ4v) is 5.21. The van der Waals surface area contributed by atoms with E-state index in [1.54, 1.807) is 5.30 Å². The summed E-state index contributed by atoms with van der Waals surface area (Å²) in [5.41, 5.74) is 7.54. The van der Waals surface area contributed by atoms with Gasteiger partial charge in [-0.15, -0.1) is 0 Å². The fourth-order valence-electron chi connectivity index (χ4n) is 3.90. The van der Waals surface area contributed by atoms with Crippen molar-refractivity contribution in [2.45, 2.75) is 91.9 Å². The highest BCUT2D eigenvalue weighted by Crippen LogP contribution is 2.39. The van der Waals surface area contributed by atoms with Crippen molar-refractivity contribution < 1.29 is 0 Å². The van der Waals surface area contributed by atoms with Crippen LogP contribution < -0.4 is 5.30 Å². The molecule has 154 valence electrons. The van der Waals surface area contributed by atoms with Crippen LogP contribution in [-0.4, -0.2) is 6.16 Å². The van der Waals surface area contributed by atoms with Gasteiger partial charge in [-0.25, -0.2) is 0 Å². The maximum Gasteiger partial charge on any atom is -0.0104 e. The molecule has 0 aliphatic heterocycles. The Kier molecular flexibility index (Phi) is 9.23. The minimum Gasteiger partial charge on any atom is -0.0897 e. The molecule has 0 bridgehead atoms. The summed E-state index contributed by atoms with van der Waals surface area (Å²) in [6.45, 7) is 16.3. The molecule has 0 amide bonds. The monoisotopic (exact) mass is 396 g/mol. The Bertz CT molecular complexity index is 711. The molecule has 2 rings (SSSR count). The van der Waals surface area contributed by atoms with Crippen LogP contribution in [0.25, 0.3) is 11.1 Å². The highest BCUT2D eigenvalue weighted by atomic mass is 31.1. The average molecular weight is 397 g/mol. The molecule has 0 fully saturated rings. The zero-order valence-corrected chi connectivity index (χ0v) is 20.2. The molecule has 0 N–H and O–H groups in total. The molecule has 0 saturated carbocycles. The molecule has 1 unspecified atom stereocenters. The van der Waals surface area contributed by atoms with Gasteiger partial charge in [0.1, 0.15) is 0 Å². The summed E-state index contributed by atoms with van der Waals surface area (Å²) in [4.78, 5) is 0. The SMILES string of the molecule is CCCCCCPc1ccccc1-c1c(C(C)C)cc(C(C)C)cc1C(C)C. The van der Waals surface area contributed by atoms with E-state index in [0.717, 1.165) is 8.58 Å². The second-order valence-electron chi connectivity index (χ2n) is 9.07. The molecule has 0 saturated heterocycles. The first-order valence-corrected chi connectivity index (χ1v) is 12.6. The van der Waals surface area contributed by atoms with Crippen molar-refractivity contribution in [3.63, 3.8) is 0 Å². The molecule has 0 nitrogen and oxygen atoms in total. The zero-order valence-electron chi connectivity index (χ0n) is 19.2. The maximum atomic E-state index is 2.48. The summed E-state index contributed by atoms with van der Waals surface area (Å²) in [6, 6.07) is 14.2. The first-order valence-electron chi connectivity index (χ1n) is 11.4. The molecule has 0 aromatic heterocycles. The van der Waals surface area contributed by atoms with Gasteiger partial charge >= 0.3 is 0 Å². The van der Waals surface area contributed by atoms with Gasteiger partial charge in [-0.2, -0.15) is 0 Å². The standard InChI is InChI=1S/C27H41P/c1-8-9-10-13-16-28-26-15-12-11-14-23(26)27-24(20(4)5)17-22(19(2)3)18-25(27)21(6)7/h11-12,14-15,17-21,28H,8-10,13,16H2,1-7H3. The van der Waals surface area contributed by atoms with Gasteiger partial charge < -0.3 is 0 Å². The van der Waals surface area contributed by atoms with E-state index in [0.29, 0.717) is 17.8 Å². The number of hydrogen-bond donors (Lipinski definition) is 0. The van der Waals surface area contributed by atoms with Gasteiger partial charge in [-0.1, -0.05) is 113 Å². The summed E-state index contributed by atoms with van der Waals surface area (Å²) in [7, 11) is 0.913. The lowest BCUT2D eigenvalue weighted by atomic mass is 9.82. The molecule has 0 heterocycles. The second-order valence-corrected chi connectivity index (χ2v) is 10.5. The Morgan fingerprint density at radius 2 is 1.36 bits per heavy atom. The first-order chi connectivity index (χ1) is 13.4. The summed E-state index contributed by atoms with van der Waals surface area (Å²) in [5, 5.41) is 1.56. The van der Waals surface area contributed by atoms with Crippen LogP contribution >= 0.6 is 8.58 Å². The molecule has 1 atom stereocenters. The van der Waals surface area contributed by atoms with E-state index in [1.165, 1.54) is 59.7 Å². The van der Waals surface area contributed by atoms with Crippen LogP contribution in [0.5, 0.6) is 0 Å². The van der Waals surface area contributed by atoms with E-state index in [1.807, 2.05) is 0 Å². The Morgan fingerprint density at radius 3 is 1.89 bits per heavy atom. The third kappa shape index (κ3) is 5.93. The minimum absolute atomic E-state index is 0.534. The van der Waals surface area contributed by atoms with E-state index in [2.05, 4.69) is 84.9 Å². The molecule has 0 aliphatic rings. The van der Waals surface area contributed by atoms with Crippen LogP contribution in [0.15, 0.2) is 36.4 Å². The van der Waals surface area contributed by atoms with Crippen LogP contribution in [0, 0.1) is 0 Å². The van der Waals surface area contributed by atoms with Crippen molar-refractivity contribution in [1.82, 2.24) is 0 Å². The van der Waals surface area contributed by atoms with Crippen LogP contribution in [0.3, 0.4) is 0 Å². The number of unbranched alkanes of at least 4 members (excludes halogenated alkanes) is 3. The van der Waals surface area contributed by atoms with Crippen LogP contribution in [-0.2, 0) is 0 Å². The summed E-state index contributed by atoms with van der Waals surface area (Å²) < 4.78 is 0. The van der Waals surface area contributed by atoms with E-state index < -0.39 is 0 Å². The molecule has 2 aromatic carbocycles. The van der Waals surface area contributed by atoms with Crippen molar-refractivity contribution >= 4 is 13.9 Å². The Balaban J connectivity index is 2.51. The van der Waals surface area contributed by atoms with Gasteiger partial charge in [0.05, 0.1) is 0 Å². The van der Waals surface area contributed by atoms with E-state index in [-0.39, 0.29) is 0 Å². The van der Waals surface area contributed by atoms with Gasteiger partial charge in [-0.3, -0.25) is 0 Å². The van der Waals surface area contributed by atoms with E-state index in [4.69, 9.17) is 0 Å². The Morgan fingerprint density at radius 1 is 0.750 bits per heavy atom. The largest absolute Gasteiger partial charge is 0.0897 e. The zero-order chi connectivity index (χ0) is 20.7. The molecule has 2 aromatic rings. The third-order valence-corrected chi connectivity index (χ3v) is 7.10. The lowest BCUT2D eigenvalue weighted by Gasteiger charge is -2.24. The third-order valence-electron chi connectivity index (χ3n) is 5.67. The van der Waals surface area contributed by atoms with Crippen molar-refractivity contribution in [2.75, 3.05) is 6.16 Å². The second kappa shape index (κ2) is 11.2. The maximum absolute atomic E-state index is 2.48. The topological polar surface area (TPSA) is 0 Å². The number of rotatable bonds is 10. The molecule has 0 aliphatic carbocycles. The van der Waals surface area contributed by atoms with Gasteiger partial charge in [0.15, 0.2) is 0 Å². The Hall–Kier alpha value is -1.13. The van der Waals surface area contributed by atoms with Crippen molar-refractivity contribution in [1.29, 1.82) is 0 Å². The summed E-state index contributed by atoms with van der Waals surface area (Å²) in [6.07, 6.45) is 6.76. The fraction of sp³-hybridized carbons (Fsp3) is 0.556. The van der Waals surface area contributed by atoms with E-state index in [9.17, 15) is 0 Å². The molecule has 28 heavy (non-hydrogen) atoms. The lowest BCUT2D eigenvalue weighted by molar-refractivity contribution is 0.706. The smallest absolute Gasteiger partial charge is 0.0104 e. The first kappa shape index (κ1) is 23.2. The number of hydrogen-bond acceptors (Lipinski definition) is 0. The van der Waals surface area contributed by atoms with Crippen LogP contribution in [0.1, 0.15) is 109 Å². The van der Waals surface area contributed by atoms with Crippen molar-refractivity contribution in [3.8, 4) is 11.1 Å². The number of benzene rings is 2. The molecule has 0 spiro atoms. The predicted octanol–water partition coefficient (Wildman–Crippen LogP) is 8.61. The quantitative estimate of drug-likeness (QED) is 0.278. The summed E-state index contributed by atoms with van der Waals surface area (Å²) >= 11 is 0. The highest BCUT2D eigenvalue weighted by molar-refractivity contribution is 7.47. The summed E-state index contributed by atoms with van der Waals surface area (Å²) in [5.74, 6) is 1.64. The minimum atomic E-state index is 0.534. The van der Waals surface area contributed by atoms with Gasteiger partial charge in [0.25, 0.3) is 0 Å². The van der Waals surface area contributed by atoms with Gasteiger partial charge in [0, 0.05) is 0 Å². The molecule has 0 radical (unpaired) electrons. The van der Waals surface area contributed by atoms with Gasteiger partial charge in [0.2, 0.25) is 0 Å². The van der Waals surface area contributed by atoms with Gasteiger partial charge in [-0.05, 0) is 63.5 Å². The molecular weight excluding hydrogens is 355 g/mol. The Labute approximate surface area is 176 Å². The van der Waals surface area contributed by atoms with Crippen molar-refractivity contribution in [2.24, 2.45) is 0 Å². The average Bonchev–Trinajstić information content (AvgIpc) is 2.67. The van der Waals surface area contributed by atoms with Crippen molar-refractivity contribution in [3.05, 3.63) is 53.1 Å². The van der Waals surface area contributed by atoms with E-state index >= 15 is 0 Å². The normalized spacial score (nSPS) is 12.2. The lowest BCUT2D eigenvalue weighted by Crippen LogP contribution is -2.09.